The summed E-state index contributed by atoms with van der Waals surface area (Å²) in [5.74, 6) is 1.36. The summed E-state index contributed by atoms with van der Waals surface area (Å²) in [5, 5.41) is 3.17. The quantitative estimate of drug-likeness (QED) is 0.624. The number of hydrogen-bond donors (Lipinski definition) is 1. The molecule has 0 saturated carbocycles. The van der Waals surface area contributed by atoms with Gasteiger partial charge in [0, 0.05) is 0 Å². The topological polar surface area (TPSA) is 12.0 Å². The van der Waals surface area contributed by atoms with Crippen LogP contribution in [0.5, 0.6) is 0 Å². The van der Waals surface area contributed by atoms with Gasteiger partial charge in [-0.3, -0.25) is 0 Å². The van der Waals surface area contributed by atoms with Crippen LogP contribution in [0.3, 0.4) is 0 Å². The van der Waals surface area contributed by atoms with Crippen molar-refractivity contribution in [2.24, 2.45) is 11.8 Å². The van der Waals surface area contributed by atoms with Crippen molar-refractivity contribution < 1.29 is 4.39 Å². The van der Waals surface area contributed by atoms with Crippen LogP contribution in [0, 0.1) is 11.8 Å². The molecule has 0 spiro atoms. The number of allylic oxidation sites excluding steroid dienone is 2. The van der Waals surface area contributed by atoms with E-state index in [4.69, 9.17) is 0 Å². The maximum Gasteiger partial charge on any atom is 0.110 e. The highest BCUT2D eigenvalue weighted by atomic mass is 19.1. The number of halogens is 1. The van der Waals surface area contributed by atoms with Crippen molar-refractivity contribution in [3.05, 3.63) is 11.6 Å². The van der Waals surface area contributed by atoms with E-state index in [-0.39, 0.29) is 6.67 Å². The van der Waals surface area contributed by atoms with Gasteiger partial charge in [-0.25, -0.2) is 4.39 Å². The Hall–Kier alpha value is -0.370. The van der Waals surface area contributed by atoms with Crippen LogP contribution >= 0.6 is 0 Å². The van der Waals surface area contributed by atoms with Crippen molar-refractivity contribution in [3.8, 4) is 0 Å². The Bertz CT molecular complexity index is 166. The van der Waals surface area contributed by atoms with Crippen LogP contribution in [0.15, 0.2) is 11.6 Å². The molecule has 0 heterocycles. The number of hydrogen-bond acceptors (Lipinski definition) is 1. The van der Waals surface area contributed by atoms with Gasteiger partial charge in [0.15, 0.2) is 0 Å². The fourth-order valence-corrected chi connectivity index (χ4v) is 1.67. The summed E-state index contributed by atoms with van der Waals surface area (Å²) in [6.07, 6.45) is 4.23. The second-order valence-electron chi connectivity index (χ2n) is 4.42. The summed E-state index contributed by atoms with van der Waals surface area (Å²) in [7, 11) is 1.98. The Kier molecular flexibility index (Phi) is 7.77. The van der Waals surface area contributed by atoms with E-state index in [1.807, 2.05) is 20.0 Å². The Morgan fingerprint density at radius 3 is 2.50 bits per heavy atom. The zero-order chi connectivity index (χ0) is 11.0. The van der Waals surface area contributed by atoms with E-state index in [0.29, 0.717) is 11.8 Å². The molecular formula is C12H24FN. The molecule has 0 fully saturated rings. The predicted molar refractivity (Wildman–Crippen MR) is 61.2 cm³/mol. The zero-order valence-electron chi connectivity index (χ0n) is 9.94. The molecule has 0 bridgehead atoms. The van der Waals surface area contributed by atoms with Gasteiger partial charge in [-0.15, -0.1) is 0 Å². The lowest BCUT2D eigenvalue weighted by atomic mass is 9.94. The predicted octanol–water partition coefficient (Wildman–Crippen LogP) is 3.17. The third-order valence-corrected chi connectivity index (χ3v) is 2.44. The monoisotopic (exact) mass is 201 g/mol. The number of nitrogens with one attached hydrogen (secondary N) is 1. The van der Waals surface area contributed by atoms with Crippen LogP contribution in [0.25, 0.3) is 0 Å². The SMILES string of the molecule is CNCC(C)CC(C)C/C=C(\C)CF. The molecule has 0 aliphatic rings. The molecule has 0 aromatic rings. The van der Waals surface area contributed by atoms with Crippen molar-refractivity contribution in [3.63, 3.8) is 0 Å². The van der Waals surface area contributed by atoms with Gasteiger partial charge < -0.3 is 5.32 Å². The van der Waals surface area contributed by atoms with Gasteiger partial charge in [0.05, 0.1) is 0 Å². The van der Waals surface area contributed by atoms with Crippen LogP contribution in [0.1, 0.15) is 33.6 Å². The van der Waals surface area contributed by atoms with E-state index in [9.17, 15) is 4.39 Å². The second kappa shape index (κ2) is 7.98. The van der Waals surface area contributed by atoms with E-state index < -0.39 is 0 Å². The lowest BCUT2D eigenvalue weighted by Gasteiger charge is -2.15. The largest absolute Gasteiger partial charge is 0.319 e. The highest BCUT2D eigenvalue weighted by Crippen LogP contribution is 2.16. The van der Waals surface area contributed by atoms with Gasteiger partial charge >= 0.3 is 0 Å². The third-order valence-electron chi connectivity index (χ3n) is 2.44. The molecule has 0 aliphatic heterocycles. The summed E-state index contributed by atoms with van der Waals surface area (Å²) < 4.78 is 12.1. The van der Waals surface area contributed by atoms with E-state index in [1.165, 1.54) is 6.42 Å². The fraction of sp³-hybridized carbons (Fsp3) is 0.833. The maximum atomic E-state index is 12.1. The molecule has 1 nitrogen and oxygen atoms in total. The molecule has 0 aromatic carbocycles. The van der Waals surface area contributed by atoms with Crippen molar-refractivity contribution in [2.75, 3.05) is 20.3 Å². The molecule has 0 saturated heterocycles. The minimum atomic E-state index is -0.307. The van der Waals surface area contributed by atoms with Gasteiger partial charge in [-0.05, 0) is 50.8 Å². The van der Waals surface area contributed by atoms with E-state index in [2.05, 4.69) is 19.2 Å². The zero-order valence-corrected chi connectivity index (χ0v) is 9.94. The van der Waals surface area contributed by atoms with Gasteiger partial charge in [0.2, 0.25) is 0 Å². The number of rotatable bonds is 7. The molecule has 0 radical (unpaired) electrons. The maximum absolute atomic E-state index is 12.1. The van der Waals surface area contributed by atoms with Crippen LogP contribution < -0.4 is 5.32 Å². The van der Waals surface area contributed by atoms with Crippen LogP contribution in [0.2, 0.25) is 0 Å². The van der Waals surface area contributed by atoms with Crippen molar-refractivity contribution in [1.29, 1.82) is 0 Å². The molecule has 0 aliphatic carbocycles. The first-order valence-corrected chi connectivity index (χ1v) is 5.46. The van der Waals surface area contributed by atoms with Crippen molar-refractivity contribution >= 4 is 0 Å². The average molecular weight is 201 g/mol. The molecule has 84 valence electrons. The van der Waals surface area contributed by atoms with Gasteiger partial charge in [-0.2, -0.15) is 0 Å². The lowest BCUT2D eigenvalue weighted by Crippen LogP contribution is -2.18. The molecule has 2 heteroatoms. The molecule has 2 atom stereocenters. The Morgan fingerprint density at radius 1 is 1.36 bits per heavy atom. The number of alkyl halides is 1. The van der Waals surface area contributed by atoms with Crippen molar-refractivity contribution in [2.45, 2.75) is 33.6 Å². The summed E-state index contributed by atoms with van der Waals surface area (Å²) in [6.45, 7) is 7.09. The molecule has 0 rings (SSSR count). The first-order valence-electron chi connectivity index (χ1n) is 5.46. The van der Waals surface area contributed by atoms with E-state index >= 15 is 0 Å². The highest BCUT2D eigenvalue weighted by molar-refractivity contribution is 4.98. The standard InChI is InChI=1S/C12H24FN/c1-10(5-6-11(2)8-13)7-12(3)9-14-4/h6,10,12,14H,5,7-9H2,1-4H3/b11-6+. The summed E-state index contributed by atoms with van der Waals surface area (Å²) >= 11 is 0. The first-order chi connectivity index (χ1) is 6.60. The normalized spacial score (nSPS) is 16.8. The molecule has 0 aromatic heterocycles. The summed E-state index contributed by atoms with van der Waals surface area (Å²) in [5.41, 5.74) is 0.859. The Labute approximate surface area is 87.8 Å². The second-order valence-corrected chi connectivity index (χ2v) is 4.42. The molecule has 2 unspecified atom stereocenters. The van der Waals surface area contributed by atoms with E-state index in [0.717, 1.165) is 18.5 Å². The molecule has 1 N–H and O–H groups in total. The van der Waals surface area contributed by atoms with Crippen LogP contribution in [-0.4, -0.2) is 20.3 Å². The minimum Gasteiger partial charge on any atom is -0.319 e. The first kappa shape index (κ1) is 13.6. The third kappa shape index (κ3) is 7.07. The summed E-state index contributed by atoms with van der Waals surface area (Å²) in [4.78, 5) is 0. The smallest absolute Gasteiger partial charge is 0.110 e. The molecule has 0 amide bonds. The fourth-order valence-electron chi connectivity index (χ4n) is 1.67. The van der Waals surface area contributed by atoms with Crippen molar-refractivity contribution in [1.82, 2.24) is 5.32 Å². The van der Waals surface area contributed by atoms with Gasteiger partial charge in [-0.1, -0.05) is 19.9 Å². The Balaban J connectivity index is 3.69. The average Bonchev–Trinajstić information content (AvgIpc) is 2.14. The Morgan fingerprint density at radius 2 is 2.00 bits per heavy atom. The molecular weight excluding hydrogens is 177 g/mol. The minimum absolute atomic E-state index is 0.307. The van der Waals surface area contributed by atoms with Crippen LogP contribution in [-0.2, 0) is 0 Å². The molecule has 14 heavy (non-hydrogen) atoms. The van der Waals surface area contributed by atoms with Gasteiger partial charge in [0.25, 0.3) is 0 Å². The summed E-state index contributed by atoms with van der Waals surface area (Å²) in [6, 6.07) is 0. The van der Waals surface area contributed by atoms with E-state index in [1.54, 1.807) is 0 Å². The van der Waals surface area contributed by atoms with Crippen LogP contribution in [0.4, 0.5) is 4.39 Å². The lowest BCUT2D eigenvalue weighted by molar-refractivity contribution is 0.405. The highest BCUT2D eigenvalue weighted by Gasteiger charge is 2.06. The van der Waals surface area contributed by atoms with Gasteiger partial charge in [0.1, 0.15) is 6.67 Å².